The summed E-state index contributed by atoms with van der Waals surface area (Å²) < 4.78 is 28.5. The molecule has 0 saturated carbocycles. The van der Waals surface area contributed by atoms with Crippen molar-refractivity contribution >= 4 is 41.9 Å². The lowest BCUT2D eigenvalue weighted by molar-refractivity contribution is 0.251. The maximum atomic E-state index is 12.3. The molecule has 0 heterocycles. The molecule has 0 fully saturated rings. The summed E-state index contributed by atoms with van der Waals surface area (Å²) in [6, 6.07) is 5.03. The quantitative estimate of drug-likeness (QED) is 0.667. The summed E-state index contributed by atoms with van der Waals surface area (Å²) >= 11 is 6.53. The number of benzene rings is 1. The fourth-order valence-corrected chi connectivity index (χ4v) is 4.54. The summed E-state index contributed by atoms with van der Waals surface area (Å²) in [5.41, 5.74) is 0. The smallest absolute Gasteiger partial charge is 0.241 e. The van der Waals surface area contributed by atoms with E-state index >= 15 is 0 Å². The van der Waals surface area contributed by atoms with Crippen LogP contribution in [0.15, 0.2) is 32.0 Å². The summed E-state index contributed by atoms with van der Waals surface area (Å²) in [6.45, 7) is 2.46. The van der Waals surface area contributed by atoms with Crippen LogP contribution in [0, 0.1) is 5.92 Å². The van der Waals surface area contributed by atoms with E-state index in [-0.39, 0.29) is 17.4 Å². The molecular weight excluding hydrogens is 410 g/mol. The van der Waals surface area contributed by atoms with Gasteiger partial charge in [0.1, 0.15) is 0 Å². The zero-order chi connectivity index (χ0) is 15.2. The molecule has 0 radical (unpaired) electrons. The molecule has 20 heavy (non-hydrogen) atoms. The fraction of sp³-hybridized carbons (Fsp3) is 0.538. The molecule has 0 bridgehead atoms. The topological polar surface area (TPSA) is 66.4 Å². The Hall–Kier alpha value is 0.0500. The molecule has 1 rings (SSSR count). The Labute approximate surface area is 137 Å². The third kappa shape index (κ3) is 5.44. The first-order chi connectivity index (χ1) is 9.40. The Balaban J connectivity index is 2.81. The van der Waals surface area contributed by atoms with Crippen molar-refractivity contribution in [3.63, 3.8) is 0 Å². The highest BCUT2D eigenvalue weighted by atomic mass is 79.9. The van der Waals surface area contributed by atoms with Crippen LogP contribution in [0.1, 0.15) is 26.2 Å². The van der Waals surface area contributed by atoms with Gasteiger partial charge < -0.3 is 5.11 Å². The van der Waals surface area contributed by atoms with Crippen LogP contribution in [0.5, 0.6) is 0 Å². The van der Waals surface area contributed by atoms with Gasteiger partial charge >= 0.3 is 0 Å². The van der Waals surface area contributed by atoms with Gasteiger partial charge in [-0.05, 0) is 52.9 Å². The third-order valence-corrected chi connectivity index (χ3v) is 5.89. The van der Waals surface area contributed by atoms with Crippen LogP contribution in [0.4, 0.5) is 0 Å². The van der Waals surface area contributed by atoms with E-state index < -0.39 is 10.0 Å². The van der Waals surface area contributed by atoms with Gasteiger partial charge in [0, 0.05) is 22.1 Å². The largest absolute Gasteiger partial charge is 0.396 e. The number of rotatable bonds is 8. The lowest BCUT2D eigenvalue weighted by Gasteiger charge is -2.16. The Bertz CT molecular complexity index is 528. The number of hydrogen-bond acceptors (Lipinski definition) is 3. The predicted octanol–water partition coefficient (Wildman–Crippen LogP) is 3.29. The summed E-state index contributed by atoms with van der Waals surface area (Å²) in [6.07, 6.45) is 2.46. The van der Waals surface area contributed by atoms with Crippen LogP contribution in [0.3, 0.4) is 0 Å². The molecule has 7 heteroatoms. The Morgan fingerprint density at radius 3 is 2.60 bits per heavy atom. The summed E-state index contributed by atoms with van der Waals surface area (Å²) in [4.78, 5) is 0.214. The number of hydrogen-bond donors (Lipinski definition) is 2. The van der Waals surface area contributed by atoms with E-state index in [9.17, 15) is 8.42 Å². The van der Waals surface area contributed by atoms with Crippen LogP contribution in [-0.2, 0) is 10.0 Å². The van der Waals surface area contributed by atoms with Crippen LogP contribution in [0.25, 0.3) is 0 Å². The highest BCUT2D eigenvalue weighted by Gasteiger charge is 2.19. The molecule has 0 spiro atoms. The van der Waals surface area contributed by atoms with E-state index in [0.29, 0.717) is 21.9 Å². The molecular formula is C13H19Br2NO3S. The molecule has 0 aliphatic rings. The van der Waals surface area contributed by atoms with Crippen molar-refractivity contribution in [2.24, 2.45) is 5.92 Å². The molecule has 0 saturated heterocycles. The first-order valence-corrected chi connectivity index (χ1v) is 9.53. The van der Waals surface area contributed by atoms with E-state index in [1.165, 1.54) is 0 Å². The van der Waals surface area contributed by atoms with Crippen LogP contribution < -0.4 is 4.72 Å². The second kappa shape index (κ2) is 8.48. The van der Waals surface area contributed by atoms with Crippen LogP contribution in [0.2, 0.25) is 0 Å². The molecule has 114 valence electrons. The minimum atomic E-state index is -3.55. The van der Waals surface area contributed by atoms with Crippen molar-refractivity contribution in [2.75, 3.05) is 13.2 Å². The van der Waals surface area contributed by atoms with E-state index in [1.54, 1.807) is 18.2 Å². The van der Waals surface area contributed by atoms with E-state index in [2.05, 4.69) is 36.6 Å². The highest BCUT2D eigenvalue weighted by Crippen LogP contribution is 2.25. The van der Waals surface area contributed by atoms with Crippen molar-refractivity contribution in [1.82, 2.24) is 4.72 Å². The van der Waals surface area contributed by atoms with Gasteiger partial charge in [-0.15, -0.1) is 0 Å². The molecule has 1 atom stereocenters. The van der Waals surface area contributed by atoms with Crippen molar-refractivity contribution in [3.8, 4) is 0 Å². The van der Waals surface area contributed by atoms with Gasteiger partial charge in [0.15, 0.2) is 0 Å². The van der Waals surface area contributed by atoms with Gasteiger partial charge in [0.2, 0.25) is 10.0 Å². The molecule has 1 aromatic rings. The molecule has 2 N–H and O–H groups in total. The second-order valence-corrected chi connectivity index (χ2v) is 8.10. The first kappa shape index (κ1) is 18.1. The Morgan fingerprint density at radius 1 is 1.30 bits per heavy atom. The van der Waals surface area contributed by atoms with Crippen molar-refractivity contribution < 1.29 is 13.5 Å². The van der Waals surface area contributed by atoms with E-state index in [1.807, 2.05) is 6.92 Å². The Morgan fingerprint density at radius 2 is 2.00 bits per heavy atom. The predicted molar refractivity (Wildman–Crippen MR) is 87.1 cm³/mol. The Kier molecular flexibility index (Phi) is 7.68. The molecule has 0 amide bonds. The van der Waals surface area contributed by atoms with Gasteiger partial charge in [0.05, 0.1) is 4.90 Å². The number of sulfonamides is 1. The molecule has 1 aromatic carbocycles. The summed E-state index contributed by atoms with van der Waals surface area (Å²) in [5, 5.41) is 9.00. The van der Waals surface area contributed by atoms with Gasteiger partial charge in [-0.1, -0.05) is 29.3 Å². The van der Waals surface area contributed by atoms with Gasteiger partial charge in [0.25, 0.3) is 0 Å². The zero-order valence-electron chi connectivity index (χ0n) is 11.3. The van der Waals surface area contributed by atoms with Crippen molar-refractivity contribution in [3.05, 3.63) is 27.1 Å². The third-order valence-electron chi connectivity index (χ3n) is 2.98. The highest BCUT2D eigenvalue weighted by molar-refractivity contribution is 9.11. The average molecular weight is 429 g/mol. The first-order valence-electron chi connectivity index (χ1n) is 6.46. The minimum Gasteiger partial charge on any atom is -0.396 e. The normalized spacial score (nSPS) is 13.4. The fourth-order valence-electron chi connectivity index (χ4n) is 1.93. The molecule has 1 unspecified atom stereocenters. The summed E-state index contributed by atoms with van der Waals surface area (Å²) in [7, 11) is -3.55. The SMILES string of the molecule is CCCC(CCO)CNS(=O)(=O)c1cc(Br)ccc1Br. The van der Waals surface area contributed by atoms with E-state index in [0.717, 1.165) is 12.8 Å². The van der Waals surface area contributed by atoms with Crippen molar-refractivity contribution in [2.45, 2.75) is 31.1 Å². The zero-order valence-corrected chi connectivity index (χ0v) is 15.3. The van der Waals surface area contributed by atoms with Gasteiger partial charge in [-0.2, -0.15) is 0 Å². The second-order valence-electron chi connectivity index (χ2n) is 4.59. The van der Waals surface area contributed by atoms with Gasteiger partial charge in [-0.25, -0.2) is 13.1 Å². The van der Waals surface area contributed by atoms with Crippen LogP contribution >= 0.6 is 31.9 Å². The number of aliphatic hydroxyl groups excluding tert-OH is 1. The van der Waals surface area contributed by atoms with E-state index in [4.69, 9.17) is 5.11 Å². The maximum Gasteiger partial charge on any atom is 0.241 e. The maximum absolute atomic E-state index is 12.3. The number of halogens is 2. The monoisotopic (exact) mass is 427 g/mol. The standard InChI is InChI=1S/C13H19Br2NO3S/c1-2-3-10(6-7-17)9-16-20(18,19)13-8-11(14)4-5-12(13)15/h4-5,8,10,16-17H,2-3,6-7,9H2,1H3. The molecule has 0 aromatic heterocycles. The van der Waals surface area contributed by atoms with Crippen LogP contribution in [-0.4, -0.2) is 26.7 Å². The average Bonchev–Trinajstić information content (AvgIpc) is 2.39. The minimum absolute atomic E-state index is 0.0764. The number of aliphatic hydroxyl groups is 1. The molecule has 4 nitrogen and oxygen atoms in total. The van der Waals surface area contributed by atoms with Gasteiger partial charge in [-0.3, -0.25) is 0 Å². The molecule has 0 aliphatic heterocycles. The van der Waals surface area contributed by atoms with Crippen molar-refractivity contribution in [1.29, 1.82) is 0 Å². The molecule has 0 aliphatic carbocycles. The lowest BCUT2D eigenvalue weighted by Crippen LogP contribution is -2.30. The summed E-state index contributed by atoms with van der Waals surface area (Å²) in [5.74, 6) is 0.158. The number of nitrogens with one attached hydrogen (secondary N) is 1. The lowest BCUT2D eigenvalue weighted by atomic mass is 10.0.